The summed E-state index contributed by atoms with van der Waals surface area (Å²) in [6.07, 6.45) is 3.38. The van der Waals surface area contributed by atoms with Crippen molar-refractivity contribution in [2.75, 3.05) is 13.1 Å². The largest absolute Gasteiger partial charge is 0.481 e. The van der Waals surface area contributed by atoms with Crippen molar-refractivity contribution in [3.05, 3.63) is 29.6 Å². The molecule has 0 aromatic carbocycles. The van der Waals surface area contributed by atoms with Crippen molar-refractivity contribution in [2.24, 2.45) is 11.3 Å². The Morgan fingerprint density at radius 3 is 2.65 bits per heavy atom. The molecular weight excluding hydrogens is 296 g/mol. The van der Waals surface area contributed by atoms with Crippen LogP contribution in [-0.4, -0.2) is 51.2 Å². The van der Waals surface area contributed by atoms with Crippen molar-refractivity contribution in [3.8, 4) is 0 Å². The number of aliphatic hydroxyl groups excluding tert-OH is 1. The Labute approximate surface area is 135 Å². The molecule has 2 aliphatic rings. The highest BCUT2D eigenvalue weighted by molar-refractivity contribution is 5.94. The highest BCUT2D eigenvalue weighted by atomic mass is 16.4. The van der Waals surface area contributed by atoms with E-state index in [1.54, 1.807) is 17.0 Å². The zero-order valence-corrected chi connectivity index (χ0v) is 13.2. The van der Waals surface area contributed by atoms with Gasteiger partial charge in [0.05, 0.1) is 11.7 Å². The van der Waals surface area contributed by atoms with Gasteiger partial charge in [-0.1, -0.05) is 12.8 Å². The van der Waals surface area contributed by atoms with E-state index in [-0.39, 0.29) is 12.5 Å². The summed E-state index contributed by atoms with van der Waals surface area (Å²) in [6.45, 7) is 2.27. The Bertz CT molecular complexity index is 612. The van der Waals surface area contributed by atoms with Gasteiger partial charge in [0.15, 0.2) is 0 Å². The predicted molar refractivity (Wildman–Crippen MR) is 82.9 cm³/mol. The molecule has 3 rings (SSSR count). The summed E-state index contributed by atoms with van der Waals surface area (Å²) in [5.74, 6) is -0.862. The molecule has 1 saturated heterocycles. The van der Waals surface area contributed by atoms with E-state index in [0.717, 1.165) is 18.5 Å². The summed E-state index contributed by atoms with van der Waals surface area (Å²) in [7, 11) is 0. The molecule has 0 unspecified atom stereocenters. The molecule has 1 aliphatic heterocycles. The lowest BCUT2D eigenvalue weighted by molar-refractivity contribution is -0.163. The van der Waals surface area contributed by atoms with Gasteiger partial charge < -0.3 is 15.1 Å². The molecule has 0 spiro atoms. The number of hydrogen-bond acceptors (Lipinski definition) is 4. The molecule has 2 fully saturated rings. The molecule has 1 saturated carbocycles. The van der Waals surface area contributed by atoms with Gasteiger partial charge in [-0.2, -0.15) is 0 Å². The van der Waals surface area contributed by atoms with Crippen LogP contribution in [0.25, 0.3) is 0 Å². The molecule has 23 heavy (non-hydrogen) atoms. The lowest BCUT2D eigenvalue weighted by atomic mass is 9.73. The molecule has 6 heteroatoms. The van der Waals surface area contributed by atoms with Gasteiger partial charge in [0.1, 0.15) is 5.41 Å². The van der Waals surface area contributed by atoms with Crippen LogP contribution in [0.5, 0.6) is 0 Å². The fraction of sp³-hybridized carbons (Fsp3) is 0.588. The van der Waals surface area contributed by atoms with Crippen molar-refractivity contribution in [1.82, 2.24) is 9.88 Å². The molecule has 6 nitrogen and oxygen atoms in total. The molecule has 1 aromatic rings. The molecule has 2 atom stereocenters. The monoisotopic (exact) mass is 318 g/mol. The first-order valence-corrected chi connectivity index (χ1v) is 8.06. The number of amides is 1. The first kappa shape index (κ1) is 15.9. The van der Waals surface area contributed by atoms with Crippen LogP contribution in [0.15, 0.2) is 18.3 Å². The number of likely N-dealkylation sites (tertiary alicyclic amines) is 1. The third kappa shape index (κ3) is 3.08. The average Bonchev–Trinajstić information content (AvgIpc) is 3.33. The van der Waals surface area contributed by atoms with Crippen LogP contribution < -0.4 is 0 Å². The van der Waals surface area contributed by atoms with E-state index < -0.39 is 17.5 Å². The van der Waals surface area contributed by atoms with E-state index >= 15 is 0 Å². The number of rotatable bonds is 4. The van der Waals surface area contributed by atoms with Gasteiger partial charge in [0.2, 0.25) is 0 Å². The summed E-state index contributed by atoms with van der Waals surface area (Å²) in [5.41, 5.74) is 0.0367. The van der Waals surface area contributed by atoms with Crippen LogP contribution in [0.3, 0.4) is 0 Å². The molecular formula is C17H22N2O4. The number of aliphatic carboxylic acids is 1. The number of pyridine rings is 1. The highest BCUT2D eigenvalue weighted by Crippen LogP contribution is 2.45. The zero-order valence-electron chi connectivity index (χ0n) is 13.2. The van der Waals surface area contributed by atoms with Crippen molar-refractivity contribution in [3.63, 3.8) is 0 Å². The van der Waals surface area contributed by atoms with Gasteiger partial charge in [0, 0.05) is 25.0 Å². The summed E-state index contributed by atoms with van der Waals surface area (Å²) < 4.78 is 0. The summed E-state index contributed by atoms with van der Waals surface area (Å²) in [4.78, 5) is 30.2. The van der Waals surface area contributed by atoms with Crippen LogP contribution in [0, 0.1) is 18.3 Å². The van der Waals surface area contributed by atoms with Crippen molar-refractivity contribution in [2.45, 2.75) is 38.7 Å². The number of carboxylic acids is 1. The van der Waals surface area contributed by atoms with Crippen molar-refractivity contribution < 1.29 is 19.8 Å². The molecule has 2 heterocycles. The zero-order chi connectivity index (χ0) is 16.6. The van der Waals surface area contributed by atoms with E-state index in [0.29, 0.717) is 30.9 Å². The summed E-state index contributed by atoms with van der Waals surface area (Å²) >= 11 is 0. The second-order valence-electron chi connectivity index (χ2n) is 6.83. The van der Waals surface area contributed by atoms with Gasteiger partial charge in [-0.25, -0.2) is 0 Å². The maximum absolute atomic E-state index is 12.6. The minimum Gasteiger partial charge on any atom is -0.481 e. The minimum absolute atomic E-state index is 0.0622. The Hall–Kier alpha value is -1.95. The first-order valence-electron chi connectivity index (χ1n) is 8.06. The van der Waals surface area contributed by atoms with Gasteiger partial charge in [-0.15, -0.1) is 0 Å². The minimum atomic E-state index is -1.24. The topological polar surface area (TPSA) is 90.7 Å². The fourth-order valence-corrected chi connectivity index (χ4v) is 3.36. The maximum atomic E-state index is 12.6. The maximum Gasteiger partial charge on any atom is 0.314 e. The Kier molecular flexibility index (Phi) is 4.10. The molecule has 1 aliphatic carbocycles. The molecule has 1 amide bonds. The van der Waals surface area contributed by atoms with Gasteiger partial charge >= 0.3 is 5.97 Å². The van der Waals surface area contributed by atoms with Gasteiger partial charge in [-0.3, -0.25) is 14.6 Å². The number of piperidine rings is 1. The number of carbonyl (C=O) groups is 2. The van der Waals surface area contributed by atoms with E-state index in [2.05, 4.69) is 4.98 Å². The molecule has 0 radical (unpaired) electrons. The van der Waals surface area contributed by atoms with E-state index in [4.69, 9.17) is 0 Å². The number of nitrogens with zero attached hydrogens (tertiary/aromatic N) is 2. The van der Waals surface area contributed by atoms with Crippen LogP contribution in [0.1, 0.15) is 41.7 Å². The van der Waals surface area contributed by atoms with E-state index in [1.165, 1.54) is 6.20 Å². The summed E-state index contributed by atoms with van der Waals surface area (Å²) in [6, 6.07) is 3.47. The highest BCUT2D eigenvalue weighted by Gasteiger charge is 2.52. The number of carboxylic acid groups (broad SMARTS) is 1. The third-order valence-corrected chi connectivity index (χ3v) is 5.00. The quantitative estimate of drug-likeness (QED) is 0.877. The number of hydrogen-bond donors (Lipinski definition) is 2. The number of aryl methyl sites for hydroxylation is 1. The Morgan fingerprint density at radius 2 is 2.09 bits per heavy atom. The van der Waals surface area contributed by atoms with E-state index in [9.17, 15) is 19.8 Å². The van der Waals surface area contributed by atoms with Crippen LogP contribution in [0.2, 0.25) is 0 Å². The van der Waals surface area contributed by atoms with Crippen molar-refractivity contribution in [1.29, 1.82) is 0 Å². The second kappa shape index (κ2) is 5.92. The van der Waals surface area contributed by atoms with Crippen LogP contribution >= 0.6 is 0 Å². The van der Waals surface area contributed by atoms with Gasteiger partial charge in [-0.05, 0) is 37.8 Å². The Morgan fingerprint density at radius 1 is 1.35 bits per heavy atom. The smallest absolute Gasteiger partial charge is 0.314 e. The fourth-order valence-electron chi connectivity index (χ4n) is 3.36. The molecule has 124 valence electrons. The predicted octanol–water partition coefficient (Wildman–Crippen LogP) is 1.47. The second-order valence-corrected chi connectivity index (χ2v) is 6.83. The molecule has 1 aromatic heterocycles. The van der Waals surface area contributed by atoms with Crippen molar-refractivity contribution >= 4 is 11.9 Å². The normalized spacial score (nSPS) is 27.7. The van der Waals surface area contributed by atoms with Crippen LogP contribution in [-0.2, 0) is 4.79 Å². The van der Waals surface area contributed by atoms with E-state index in [1.807, 2.05) is 6.92 Å². The number of aliphatic hydroxyl groups is 1. The molecule has 0 bridgehead atoms. The van der Waals surface area contributed by atoms with Crippen LogP contribution in [0.4, 0.5) is 0 Å². The average molecular weight is 318 g/mol. The lowest BCUT2D eigenvalue weighted by Gasteiger charge is -2.43. The standard InChI is InChI=1S/C17H22N2O4/c1-11-2-5-13(9-18-11)15(21)19-7-6-14(20)17(10-19,16(22)23)8-12-3-4-12/h2,5,9,12,14,20H,3-4,6-8,10H2,1H3,(H,22,23)/t14-,17-/m1/s1. The molecule has 2 N–H and O–H groups in total. The first-order chi connectivity index (χ1) is 10.9. The lowest BCUT2D eigenvalue weighted by Crippen LogP contribution is -2.57. The third-order valence-electron chi connectivity index (χ3n) is 5.00. The number of carbonyl (C=O) groups excluding carboxylic acids is 1. The number of aromatic nitrogens is 1. The SMILES string of the molecule is Cc1ccc(C(=O)N2CC[C@@H](O)[C@](CC3CC3)(C(=O)O)C2)cn1. The summed E-state index contributed by atoms with van der Waals surface area (Å²) in [5, 5.41) is 20.1. The Balaban J connectivity index is 1.82. The van der Waals surface area contributed by atoms with Gasteiger partial charge in [0.25, 0.3) is 5.91 Å².